The van der Waals surface area contributed by atoms with Gasteiger partial charge in [0.2, 0.25) is 0 Å². The fourth-order valence-electron chi connectivity index (χ4n) is 2.33. The smallest absolute Gasteiger partial charge is 0.135 e. The summed E-state index contributed by atoms with van der Waals surface area (Å²) in [6.45, 7) is 2.03. The molecule has 96 valence electrons. The van der Waals surface area contributed by atoms with Crippen molar-refractivity contribution in [2.75, 3.05) is 6.61 Å². The monoisotopic (exact) mass is 252 g/mol. The molecule has 0 heterocycles. The van der Waals surface area contributed by atoms with Gasteiger partial charge in [-0.3, -0.25) is 0 Å². The minimum Gasteiger partial charge on any atom is -0.490 e. The largest absolute Gasteiger partial charge is 0.490 e. The Morgan fingerprint density at radius 2 is 1.47 bits per heavy atom. The lowest BCUT2D eigenvalue weighted by Crippen LogP contribution is -2.13. The molecule has 0 bridgehead atoms. The highest BCUT2D eigenvalue weighted by molar-refractivity contribution is 6.05. The number of ether oxygens (including phenoxy) is 1. The van der Waals surface area contributed by atoms with Crippen LogP contribution < -0.4 is 4.74 Å². The maximum Gasteiger partial charge on any atom is 0.135 e. The number of aliphatic hydroxyl groups is 1. The Hall–Kier alpha value is -2.06. The van der Waals surface area contributed by atoms with Crippen LogP contribution in [-0.2, 0) is 0 Å². The minimum atomic E-state index is -0.474. The molecular weight excluding hydrogens is 236 g/mol. The summed E-state index contributed by atoms with van der Waals surface area (Å²) in [4.78, 5) is 0. The number of hydrogen-bond acceptors (Lipinski definition) is 2. The summed E-state index contributed by atoms with van der Waals surface area (Å²) >= 11 is 0. The number of rotatable bonds is 3. The highest BCUT2D eigenvalue weighted by atomic mass is 16.5. The molecule has 2 heteroatoms. The van der Waals surface area contributed by atoms with E-state index < -0.39 is 6.10 Å². The van der Waals surface area contributed by atoms with E-state index in [1.54, 1.807) is 6.92 Å². The number of fused-ring (bicyclic) bond motifs is 2. The predicted molar refractivity (Wildman–Crippen MR) is 78.6 cm³/mol. The molecule has 2 nitrogen and oxygen atoms in total. The van der Waals surface area contributed by atoms with Gasteiger partial charge in [0.05, 0.1) is 6.10 Å². The van der Waals surface area contributed by atoms with Crippen molar-refractivity contribution in [1.29, 1.82) is 0 Å². The lowest BCUT2D eigenvalue weighted by atomic mass is 10.0. The van der Waals surface area contributed by atoms with Crippen molar-refractivity contribution in [2.24, 2.45) is 0 Å². The third-order valence-electron chi connectivity index (χ3n) is 3.19. The lowest BCUT2D eigenvalue weighted by molar-refractivity contribution is 0.124. The third kappa shape index (κ3) is 2.27. The fourth-order valence-corrected chi connectivity index (χ4v) is 2.33. The minimum absolute atomic E-state index is 0.304. The van der Waals surface area contributed by atoms with Crippen LogP contribution >= 0.6 is 0 Å². The van der Waals surface area contributed by atoms with Crippen LogP contribution in [0.25, 0.3) is 21.5 Å². The quantitative estimate of drug-likeness (QED) is 0.719. The van der Waals surface area contributed by atoms with Crippen LogP contribution in [0.4, 0.5) is 0 Å². The van der Waals surface area contributed by atoms with Crippen molar-refractivity contribution in [3.63, 3.8) is 0 Å². The molecule has 3 aromatic rings. The lowest BCUT2D eigenvalue weighted by Gasteiger charge is -2.14. The zero-order valence-corrected chi connectivity index (χ0v) is 10.8. The standard InChI is InChI=1S/C17H16O2/c1-12(18)11-19-17-15-8-4-2-6-13(15)10-14-7-3-5-9-16(14)17/h2-10,12,18H,11H2,1H3. The van der Waals surface area contributed by atoms with Crippen molar-refractivity contribution in [3.05, 3.63) is 54.6 Å². The maximum absolute atomic E-state index is 9.43. The molecule has 19 heavy (non-hydrogen) atoms. The van der Waals surface area contributed by atoms with Crippen molar-refractivity contribution in [2.45, 2.75) is 13.0 Å². The second-order valence-electron chi connectivity index (χ2n) is 4.81. The summed E-state index contributed by atoms with van der Waals surface area (Å²) in [5.41, 5.74) is 0. The highest BCUT2D eigenvalue weighted by Gasteiger charge is 2.09. The van der Waals surface area contributed by atoms with E-state index in [2.05, 4.69) is 30.3 Å². The average Bonchev–Trinajstić information content (AvgIpc) is 2.43. The van der Waals surface area contributed by atoms with E-state index in [1.807, 2.05) is 24.3 Å². The SMILES string of the molecule is CC(O)COc1c2ccccc2cc2ccccc12. The van der Waals surface area contributed by atoms with Crippen LogP contribution in [0, 0.1) is 0 Å². The van der Waals surface area contributed by atoms with E-state index in [-0.39, 0.29) is 0 Å². The van der Waals surface area contributed by atoms with E-state index in [0.29, 0.717) is 6.61 Å². The van der Waals surface area contributed by atoms with E-state index in [1.165, 1.54) is 0 Å². The molecule has 0 saturated carbocycles. The summed E-state index contributed by atoms with van der Waals surface area (Å²) < 4.78 is 5.84. The molecule has 1 atom stereocenters. The number of benzene rings is 3. The van der Waals surface area contributed by atoms with Crippen LogP contribution in [0.3, 0.4) is 0 Å². The second kappa shape index (κ2) is 4.90. The highest BCUT2D eigenvalue weighted by Crippen LogP contribution is 2.34. The van der Waals surface area contributed by atoms with Crippen LogP contribution in [-0.4, -0.2) is 17.8 Å². The molecule has 0 aliphatic rings. The molecule has 0 aliphatic heterocycles. The van der Waals surface area contributed by atoms with Crippen LogP contribution in [0.1, 0.15) is 6.92 Å². The van der Waals surface area contributed by atoms with Crippen molar-refractivity contribution >= 4 is 21.5 Å². The Morgan fingerprint density at radius 1 is 0.947 bits per heavy atom. The zero-order valence-electron chi connectivity index (χ0n) is 10.8. The second-order valence-corrected chi connectivity index (χ2v) is 4.81. The molecule has 0 aromatic heterocycles. The van der Waals surface area contributed by atoms with E-state index in [0.717, 1.165) is 27.3 Å². The van der Waals surface area contributed by atoms with Gasteiger partial charge in [0, 0.05) is 10.8 Å². The van der Waals surface area contributed by atoms with Crippen molar-refractivity contribution < 1.29 is 9.84 Å². The fraction of sp³-hybridized carbons (Fsp3) is 0.176. The predicted octanol–water partition coefficient (Wildman–Crippen LogP) is 3.75. The summed E-state index contributed by atoms with van der Waals surface area (Å²) in [6.07, 6.45) is -0.474. The first-order chi connectivity index (χ1) is 9.25. The number of hydrogen-bond donors (Lipinski definition) is 1. The van der Waals surface area contributed by atoms with Gasteiger partial charge in [-0.25, -0.2) is 0 Å². The Labute approximate surface area is 112 Å². The molecular formula is C17H16O2. The normalized spacial score (nSPS) is 12.7. The number of aliphatic hydroxyl groups excluding tert-OH is 1. The van der Waals surface area contributed by atoms with Crippen molar-refractivity contribution in [3.8, 4) is 5.75 Å². The summed E-state index contributed by atoms with van der Waals surface area (Å²) in [7, 11) is 0. The summed E-state index contributed by atoms with van der Waals surface area (Å²) in [6, 6.07) is 18.5. The van der Waals surface area contributed by atoms with Gasteiger partial charge >= 0.3 is 0 Å². The molecule has 0 aliphatic carbocycles. The van der Waals surface area contributed by atoms with Gasteiger partial charge in [-0.05, 0) is 23.8 Å². The third-order valence-corrected chi connectivity index (χ3v) is 3.19. The Bertz CT molecular complexity index is 663. The maximum atomic E-state index is 9.43. The first-order valence-corrected chi connectivity index (χ1v) is 6.47. The molecule has 1 unspecified atom stereocenters. The average molecular weight is 252 g/mol. The van der Waals surface area contributed by atoms with Gasteiger partial charge in [0.15, 0.2) is 0 Å². The van der Waals surface area contributed by atoms with Gasteiger partial charge in [-0.15, -0.1) is 0 Å². The Balaban J connectivity index is 2.26. The van der Waals surface area contributed by atoms with Crippen LogP contribution in [0.5, 0.6) is 5.75 Å². The molecule has 0 spiro atoms. The van der Waals surface area contributed by atoms with E-state index >= 15 is 0 Å². The first kappa shape index (κ1) is 12.0. The van der Waals surface area contributed by atoms with Gasteiger partial charge in [0.25, 0.3) is 0 Å². The molecule has 0 fully saturated rings. The molecule has 0 amide bonds. The molecule has 1 N–H and O–H groups in total. The molecule has 0 radical (unpaired) electrons. The summed E-state index contributed by atoms with van der Waals surface area (Å²) in [5, 5.41) is 13.9. The Kier molecular flexibility index (Phi) is 3.10. The van der Waals surface area contributed by atoms with Gasteiger partial charge in [-0.2, -0.15) is 0 Å². The Morgan fingerprint density at radius 3 is 2.00 bits per heavy atom. The van der Waals surface area contributed by atoms with Gasteiger partial charge in [0.1, 0.15) is 12.4 Å². The molecule has 3 rings (SSSR count). The molecule has 0 saturated heterocycles. The van der Waals surface area contributed by atoms with Gasteiger partial charge < -0.3 is 9.84 Å². The summed E-state index contributed by atoms with van der Waals surface area (Å²) in [5.74, 6) is 0.856. The van der Waals surface area contributed by atoms with E-state index in [4.69, 9.17) is 4.74 Å². The van der Waals surface area contributed by atoms with Crippen LogP contribution in [0.15, 0.2) is 54.6 Å². The van der Waals surface area contributed by atoms with Crippen molar-refractivity contribution in [1.82, 2.24) is 0 Å². The van der Waals surface area contributed by atoms with Gasteiger partial charge in [-0.1, -0.05) is 48.5 Å². The first-order valence-electron chi connectivity index (χ1n) is 6.47. The van der Waals surface area contributed by atoms with Crippen LogP contribution in [0.2, 0.25) is 0 Å². The molecule has 3 aromatic carbocycles. The topological polar surface area (TPSA) is 29.5 Å². The zero-order chi connectivity index (χ0) is 13.2. The van der Waals surface area contributed by atoms with E-state index in [9.17, 15) is 5.11 Å².